The summed E-state index contributed by atoms with van der Waals surface area (Å²) in [7, 11) is 0. The first-order chi connectivity index (χ1) is 12.0. The average molecular weight is 363 g/mol. The number of aryl methyl sites for hydroxylation is 1. The normalized spacial score (nSPS) is 13.7. The standard InChI is InChI=1S/C16H18FN5O2S/c1-10-15(24)22(18)16(20-19-10)25-9-14(23)21(12-6-7-12)8-11-4-2-3-5-13(11)17/h2-5,12H,6-9,18H2,1H3. The lowest BCUT2D eigenvalue weighted by Gasteiger charge is -2.22. The van der Waals surface area contributed by atoms with Crippen LogP contribution in [-0.2, 0) is 11.3 Å². The van der Waals surface area contributed by atoms with Gasteiger partial charge in [0.25, 0.3) is 5.56 Å². The fraction of sp³-hybridized carbons (Fsp3) is 0.375. The number of nitrogens with zero attached hydrogens (tertiary/aromatic N) is 4. The van der Waals surface area contributed by atoms with Crippen molar-refractivity contribution in [1.82, 2.24) is 19.8 Å². The predicted octanol–water partition coefficient (Wildman–Crippen LogP) is 1.08. The van der Waals surface area contributed by atoms with Crippen LogP contribution in [0.5, 0.6) is 0 Å². The van der Waals surface area contributed by atoms with Crippen molar-refractivity contribution < 1.29 is 9.18 Å². The zero-order chi connectivity index (χ0) is 18.0. The molecule has 132 valence electrons. The highest BCUT2D eigenvalue weighted by atomic mass is 32.2. The van der Waals surface area contributed by atoms with Crippen LogP contribution < -0.4 is 11.4 Å². The van der Waals surface area contributed by atoms with Crippen molar-refractivity contribution in [3.8, 4) is 0 Å². The van der Waals surface area contributed by atoms with Gasteiger partial charge in [-0.25, -0.2) is 4.39 Å². The Hall–Kier alpha value is -2.42. The molecular formula is C16H18FN5O2S. The second-order valence-corrected chi connectivity index (χ2v) is 6.82. The molecule has 1 fully saturated rings. The first-order valence-corrected chi connectivity index (χ1v) is 8.83. The molecule has 7 nitrogen and oxygen atoms in total. The van der Waals surface area contributed by atoms with E-state index in [4.69, 9.17) is 5.84 Å². The quantitative estimate of drug-likeness (QED) is 0.610. The molecule has 0 unspecified atom stereocenters. The van der Waals surface area contributed by atoms with Gasteiger partial charge in [0, 0.05) is 18.2 Å². The Kier molecular flexibility index (Phi) is 5.03. The maximum Gasteiger partial charge on any atom is 0.294 e. The minimum Gasteiger partial charge on any atom is -0.335 e. The van der Waals surface area contributed by atoms with Crippen LogP contribution in [0.25, 0.3) is 0 Å². The number of nitrogens with two attached hydrogens (primary N) is 1. The minimum absolute atomic E-state index is 0.0549. The summed E-state index contributed by atoms with van der Waals surface area (Å²) in [6.45, 7) is 1.74. The van der Waals surface area contributed by atoms with Crippen molar-refractivity contribution >= 4 is 17.7 Å². The molecule has 1 aromatic carbocycles. The van der Waals surface area contributed by atoms with Crippen LogP contribution in [0.4, 0.5) is 4.39 Å². The number of hydrogen-bond donors (Lipinski definition) is 1. The molecule has 1 aliphatic carbocycles. The number of carbonyl (C=O) groups excluding carboxylic acids is 1. The molecule has 1 amide bonds. The van der Waals surface area contributed by atoms with Crippen LogP contribution in [0.1, 0.15) is 24.1 Å². The van der Waals surface area contributed by atoms with Crippen molar-refractivity contribution in [1.29, 1.82) is 0 Å². The number of amides is 1. The Morgan fingerprint density at radius 2 is 2.12 bits per heavy atom. The van der Waals surface area contributed by atoms with E-state index in [2.05, 4.69) is 10.2 Å². The van der Waals surface area contributed by atoms with E-state index < -0.39 is 5.56 Å². The fourth-order valence-electron chi connectivity index (χ4n) is 2.39. The van der Waals surface area contributed by atoms with Gasteiger partial charge in [0.1, 0.15) is 11.5 Å². The third-order valence-electron chi connectivity index (χ3n) is 3.95. The van der Waals surface area contributed by atoms with Gasteiger partial charge in [0.05, 0.1) is 5.75 Å². The summed E-state index contributed by atoms with van der Waals surface area (Å²) >= 11 is 1.05. The van der Waals surface area contributed by atoms with E-state index in [0.29, 0.717) is 5.56 Å². The second-order valence-electron chi connectivity index (χ2n) is 5.88. The van der Waals surface area contributed by atoms with Crippen LogP contribution in [0, 0.1) is 12.7 Å². The summed E-state index contributed by atoms with van der Waals surface area (Å²) in [6.07, 6.45) is 1.83. The molecule has 25 heavy (non-hydrogen) atoms. The molecule has 9 heteroatoms. The number of halogens is 1. The maximum atomic E-state index is 13.9. The molecular weight excluding hydrogens is 345 g/mol. The van der Waals surface area contributed by atoms with Gasteiger partial charge < -0.3 is 10.7 Å². The minimum atomic E-state index is -0.449. The second kappa shape index (κ2) is 7.22. The number of carbonyl (C=O) groups is 1. The summed E-state index contributed by atoms with van der Waals surface area (Å²) in [6, 6.07) is 6.56. The lowest BCUT2D eigenvalue weighted by atomic mass is 10.2. The molecule has 0 atom stereocenters. The Labute approximate surface area is 148 Å². The van der Waals surface area contributed by atoms with Gasteiger partial charge in [-0.05, 0) is 25.8 Å². The molecule has 0 bridgehead atoms. The lowest BCUT2D eigenvalue weighted by Crippen LogP contribution is -2.35. The van der Waals surface area contributed by atoms with Crippen LogP contribution in [-0.4, -0.2) is 37.5 Å². The molecule has 1 heterocycles. The number of rotatable bonds is 6. The summed E-state index contributed by atoms with van der Waals surface area (Å²) in [5.41, 5.74) is 0.228. The average Bonchev–Trinajstić information content (AvgIpc) is 3.43. The Balaban J connectivity index is 1.69. The molecule has 2 aromatic rings. The maximum absolute atomic E-state index is 13.9. The van der Waals surface area contributed by atoms with Gasteiger partial charge in [-0.1, -0.05) is 30.0 Å². The number of hydrogen-bond acceptors (Lipinski definition) is 6. The zero-order valence-electron chi connectivity index (χ0n) is 13.7. The molecule has 2 N–H and O–H groups in total. The summed E-state index contributed by atoms with van der Waals surface area (Å²) in [4.78, 5) is 26.0. The largest absolute Gasteiger partial charge is 0.335 e. The first-order valence-electron chi connectivity index (χ1n) is 7.84. The Morgan fingerprint density at radius 3 is 2.80 bits per heavy atom. The van der Waals surface area contributed by atoms with E-state index in [9.17, 15) is 14.0 Å². The van der Waals surface area contributed by atoms with E-state index in [0.717, 1.165) is 29.3 Å². The molecule has 0 radical (unpaired) electrons. The summed E-state index contributed by atoms with van der Waals surface area (Å²) in [5, 5.41) is 7.75. The number of nitrogen functional groups attached to an aromatic ring is 1. The van der Waals surface area contributed by atoms with Crippen molar-refractivity contribution in [2.75, 3.05) is 11.6 Å². The molecule has 1 aliphatic rings. The van der Waals surface area contributed by atoms with Gasteiger partial charge >= 0.3 is 0 Å². The Bertz CT molecular complexity index is 853. The molecule has 0 saturated heterocycles. The third kappa shape index (κ3) is 3.98. The van der Waals surface area contributed by atoms with Crippen LogP contribution >= 0.6 is 11.8 Å². The molecule has 1 aromatic heterocycles. The third-order valence-corrected chi connectivity index (χ3v) is 4.88. The monoisotopic (exact) mass is 363 g/mol. The van der Waals surface area contributed by atoms with E-state index >= 15 is 0 Å². The van der Waals surface area contributed by atoms with Crippen molar-refractivity contribution in [2.24, 2.45) is 0 Å². The topological polar surface area (TPSA) is 94.1 Å². The van der Waals surface area contributed by atoms with Gasteiger partial charge in [-0.2, -0.15) is 4.68 Å². The molecule has 3 rings (SSSR count). The summed E-state index contributed by atoms with van der Waals surface area (Å²) < 4.78 is 14.8. The SMILES string of the molecule is Cc1nnc(SCC(=O)N(Cc2ccccc2F)C2CC2)n(N)c1=O. The van der Waals surface area contributed by atoms with Gasteiger partial charge in [0.2, 0.25) is 11.1 Å². The Morgan fingerprint density at radius 1 is 1.40 bits per heavy atom. The van der Waals surface area contributed by atoms with Gasteiger partial charge in [-0.15, -0.1) is 10.2 Å². The van der Waals surface area contributed by atoms with Gasteiger partial charge in [-0.3, -0.25) is 9.59 Å². The van der Waals surface area contributed by atoms with Crippen LogP contribution in [0.2, 0.25) is 0 Å². The van der Waals surface area contributed by atoms with Crippen molar-refractivity contribution in [3.05, 3.63) is 51.7 Å². The highest BCUT2D eigenvalue weighted by Crippen LogP contribution is 2.29. The highest BCUT2D eigenvalue weighted by Gasteiger charge is 2.33. The molecule has 0 aliphatic heterocycles. The predicted molar refractivity (Wildman–Crippen MR) is 91.9 cm³/mol. The van der Waals surface area contributed by atoms with E-state index in [1.165, 1.54) is 13.0 Å². The van der Waals surface area contributed by atoms with Gasteiger partial charge in [0.15, 0.2) is 0 Å². The zero-order valence-corrected chi connectivity index (χ0v) is 14.5. The van der Waals surface area contributed by atoms with E-state index in [1.807, 2.05) is 0 Å². The van der Waals surface area contributed by atoms with E-state index in [-0.39, 0.29) is 40.9 Å². The molecule has 1 saturated carbocycles. The molecule has 0 spiro atoms. The van der Waals surface area contributed by atoms with E-state index in [1.54, 1.807) is 23.1 Å². The van der Waals surface area contributed by atoms with Crippen molar-refractivity contribution in [2.45, 2.75) is 37.5 Å². The van der Waals surface area contributed by atoms with Crippen LogP contribution in [0.3, 0.4) is 0 Å². The lowest BCUT2D eigenvalue weighted by molar-refractivity contribution is -0.129. The highest BCUT2D eigenvalue weighted by molar-refractivity contribution is 7.99. The van der Waals surface area contributed by atoms with Crippen LogP contribution in [0.15, 0.2) is 34.2 Å². The van der Waals surface area contributed by atoms with Crippen molar-refractivity contribution in [3.63, 3.8) is 0 Å². The smallest absolute Gasteiger partial charge is 0.294 e. The number of thioether (sulfide) groups is 1. The number of benzene rings is 1. The first kappa shape index (κ1) is 17.4. The number of aromatic nitrogens is 3. The summed E-state index contributed by atoms with van der Waals surface area (Å²) in [5.74, 6) is 5.25. The fourth-order valence-corrected chi connectivity index (χ4v) is 3.13.